The van der Waals surface area contributed by atoms with Crippen LogP contribution in [0.4, 0.5) is 0 Å². The van der Waals surface area contributed by atoms with E-state index >= 15 is 0 Å². The van der Waals surface area contributed by atoms with Crippen LogP contribution in [0.1, 0.15) is 5.56 Å². The van der Waals surface area contributed by atoms with Gasteiger partial charge in [0.05, 0.1) is 23.3 Å². The number of nitrogens with zero attached hydrogens (tertiary/aromatic N) is 2. The summed E-state index contributed by atoms with van der Waals surface area (Å²) in [6.07, 6.45) is 2.80. The monoisotopic (exact) mass is 355 g/mol. The second kappa shape index (κ2) is 5.95. The lowest BCUT2D eigenvalue weighted by Gasteiger charge is -2.04. The molecular formula is C21H17N5O. The summed E-state index contributed by atoms with van der Waals surface area (Å²) in [5.41, 5.74) is 10.2. The van der Waals surface area contributed by atoms with Crippen LogP contribution < -0.4 is 15.8 Å². The number of hydrogen-bond acceptors (Lipinski definition) is 3. The number of benzene rings is 2. The minimum absolute atomic E-state index is 0.241. The van der Waals surface area contributed by atoms with Gasteiger partial charge in [0.2, 0.25) is 5.96 Å². The number of nitrogens with two attached hydrogens (primary N) is 1. The predicted molar refractivity (Wildman–Crippen MR) is 106 cm³/mol. The fourth-order valence-electron chi connectivity index (χ4n) is 3.62. The van der Waals surface area contributed by atoms with Gasteiger partial charge in [-0.25, -0.2) is 9.98 Å². The lowest BCUT2D eigenvalue weighted by atomic mass is 10.1. The number of fused-ring (bicyclic) bond motifs is 3. The highest BCUT2D eigenvalue weighted by Gasteiger charge is 2.16. The highest BCUT2D eigenvalue weighted by molar-refractivity contribution is 5.98. The molecule has 0 unspecified atom stereocenters. The Morgan fingerprint density at radius 2 is 2.04 bits per heavy atom. The summed E-state index contributed by atoms with van der Waals surface area (Å²) in [6, 6.07) is 16.0. The minimum atomic E-state index is -0.241. The van der Waals surface area contributed by atoms with E-state index in [1.807, 2.05) is 42.6 Å². The van der Waals surface area contributed by atoms with Crippen LogP contribution >= 0.6 is 0 Å². The van der Waals surface area contributed by atoms with Gasteiger partial charge in [0.1, 0.15) is 11.1 Å². The standard InChI is InChI=1S/C21H17N5O/c22-21(23)26-20-14-3-1-2-4-16(14)25-18(15-7-9-24-19(15)20)13-6-5-12-8-10-27-17(12)11-13/h1-7,9,11,24H,8,10H2,(H3,22,23)/b26-20-. The summed E-state index contributed by atoms with van der Waals surface area (Å²) < 4.78 is 5.74. The van der Waals surface area contributed by atoms with Gasteiger partial charge in [-0.2, -0.15) is 0 Å². The van der Waals surface area contributed by atoms with Crippen molar-refractivity contribution < 1.29 is 4.74 Å². The molecule has 132 valence electrons. The van der Waals surface area contributed by atoms with Gasteiger partial charge in [-0.3, -0.25) is 5.41 Å². The average Bonchev–Trinajstić information content (AvgIpc) is 3.31. The molecule has 1 aliphatic heterocycles. The van der Waals surface area contributed by atoms with Gasteiger partial charge in [0.25, 0.3) is 0 Å². The quantitative estimate of drug-likeness (QED) is 0.361. The van der Waals surface area contributed by atoms with Gasteiger partial charge in [0.15, 0.2) is 0 Å². The average molecular weight is 355 g/mol. The molecule has 0 radical (unpaired) electrons. The zero-order valence-corrected chi connectivity index (χ0v) is 14.5. The smallest absolute Gasteiger partial charge is 0.213 e. The van der Waals surface area contributed by atoms with E-state index in [1.54, 1.807) is 0 Å². The summed E-state index contributed by atoms with van der Waals surface area (Å²) in [4.78, 5) is 12.5. The molecule has 0 saturated carbocycles. The Kier molecular flexibility index (Phi) is 3.43. The minimum Gasteiger partial charge on any atom is -0.493 e. The van der Waals surface area contributed by atoms with Gasteiger partial charge < -0.3 is 15.5 Å². The highest BCUT2D eigenvalue weighted by Crippen LogP contribution is 2.33. The summed E-state index contributed by atoms with van der Waals surface area (Å²) >= 11 is 0. The maximum absolute atomic E-state index is 7.66. The third-order valence-corrected chi connectivity index (χ3v) is 4.83. The maximum Gasteiger partial charge on any atom is 0.213 e. The van der Waals surface area contributed by atoms with Gasteiger partial charge in [-0.1, -0.05) is 30.3 Å². The Morgan fingerprint density at radius 1 is 1.15 bits per heavy atom. The molecule has 3 heterocycles. The van der Waals surface area contributed by atoms with Crippen LogP contribution in [0.2, 0.25) is 0 Å². The first kappa shape index (κ1) is 15.6. The maximum atomic E-state index is 7.66. The number of para-hydroxylation sites is 1. The summed E-state index contributed by atoms with van der Waals surface area (Å²) in [7, 11) is 0. The molecule has 2 aromatic heterocycles. The van der Waals surface area contributed by atoms with E-state index in [0.29, 0.717) is 5.36 Å². The predicted octanol–water partition coefficient (Wildman–Crippen LogP) is 3.11. The number of guanidine groups is 1. The molecule has 0 spiro atoms. The number of aromatic amines is 1. The van der Waals surface area contributed by atoms with Gasteiger partial charge in [-0.15, -0.1) is 0 Å². The molecule has 1 aliphatic rings. The van der Waals surface area contributed by atoms with Crippen molar-refractivity contribution in [2.75, 3.05) is 6.61 Å². The van der Waals surface area contributed by atoms with Crippen LogP contribution in [-0.4, -0.2) is 22.5 Å². The Balaban J connectivity index is 1.94. The molecule has 27 heavy (non-hydrogen) atoms. The van der Waals surface area contributed by atoms with E-state index in [9.17, 15) is 0 Å². The van der Waals surface area contributed by atoms with Gasteiger partial charge in [0, 0.05) is 29.0 Å². The molecule has 5 rings (SSSR count). The number of ether oxygens (including phenoxy) is 1. The van der Waals surface area contributed by atoms with E-state index in [-0.39, 0.29) is 5.96 Å². The van der Waals surface area contributed by atoms with Crippen LogP contribution in [0.3, 0.4) is 0 Å². The van der Waals surface area contributed by atoms with Gasteiger partial charge in [-0.05, 0) is 23.8 Å². The zero-order chi connectivity index (χ0) is 18.4. The lowest BCUT2D eigenvalue weighted by molar-refractivity contribution is 0.357. The van der Waals surface area contributed by atoms with Crippen LogP contribution in [0.15, 0.2) is 59.7 Å². The Labute approximate surface area is 154 Å². The SMILES string of the molecule is N=C(N)/N=c1/c2ccccc2nc(-c2ccc3c(c2)OCC3)c2cc[nH]c12. The van der Waals surface area contributed by atoms with E-state index in [2.05, 4.69) is 22.1 Å². The first-order valence-corrected chi connectivity index (χ1v) is 8.76. The van der Waals surface area contributed by atoms with Crippen LogP contribution in [0.5, 0.6) is 5.75 Å². The molecule has 2 aromatic carbocycles. The van der Waals surface area contributed by atoms with Crippen molar-refractivity contribution in [2.24, 2.45) is 10.7 Å². The Morgan fingerprint density at radius 3 is 2.93 bits per heavy atom. The fraction of sp³-hybridized carbons (Fsp3) is 0.0952. The first-order chi connectivity index (χ1) is 13.2. The lowest BCUT2D eigenvalue weighted by Crippen LogP contribution is -2.13. The van der Waals surface area contributed by atoms with Crippen LogP contribution in [-0.2, 0) is 6.42 Å². The van der Waals surface area contributed by atoms with Crippen LogP contribution in [0, 0.1) is 5.41 Å². The zero-order valence-electron chi connectivity index (χ0n) is 14.5. The third kappa shape index (κ3) is 2.54. The van der Waals surface area contributed by atoms with Crippen molar-refractivity contribution in [3.8, 4) is 17.0 Å². The van der Waals surface area contributed by atoms with Crippen molar-refractivity contribution >= 4 is 27.8 Å². The largest absolute Gasteiger partial charge is 0.493 e. The Bertz CT molecular complexity index is 1290. The van der Waals surface area contributed by atoms with E-state index in [1.165, 1.54) is 5.56 Å². The Hall–Kier alpha value is -3.67. The normalized spacial score (nSPS) is 13.7. The summed E-state index contributed by atoms with van der Waals surface area (Å²) in [5, 5.41) is 10.0. The fourth-order valence-corrected chi connectivity index (χ4v) is 3.62. The van der Waals surface area contributed by atoms with Crippen LogP contribution in [0.25, 0.3) is 33.1 Å². The molecule has 0 atom stereocenters. The molecule has 6 heteroatoms. The molecular weight excluding hydrogens is 338 g/mol. The number of aromatic nitrogens is 2. The molecule has 0 fully saturated rings. The number of rotatable bonds is 1. The third-order valence-electron chi connectivity index (χ3n) is 4.83. The molecule has 0 aliphatic carbocycles. The second-order valence-electron chi connectivity index (χ2n) is 6.51. The number of hydrogen-bond donors (Lipinski definition) is 3. The molecule has 0 saturated heterocycles. The molecule has 6 nitrogen and oxygen atoms in total. The first-order valence-electron chi connectivity index (χ1n) is 8.76. The van der Waals surface area contributed by atoms with Crippen molar-refractivity contribution in [3.05, 3.63) is 65.6 Å². The van der Waals surface area contributed by atoms with Crippen molar-refractivity contribution in [1.82, 2.24) is 9.97 Å². The second-order valence-corrected chi connectivity index (χ2v) is 6.51. The molecule has 0 bridgehead atoms. The molecule has 4 aromatic rings. The number of H-pyrrole nitrogens is 1. The van der Waals surface area contributed by atoms with E-state index in [4.69, 9.17) is 20.9 Å². The topological polar surface area (TPSA) is 100 Å². The highest BCUT2D eigenvalue weighted by atomic mass is 16.5. The summed E-state index contributed by atoms with van der Waals surface area (Å²) in [5.74, 6) is 0.678. The van der Waals surface area contributed by atoms with Crippen molar-refractivity contribution in [2.45, 2.75) is 6.42 Å². The number of nitrogens with one attached hydrogen (secondary N) is 2. The summed E-state index contributed by atoms with van der Waals surface area (Å²) in [6.45, 7) is 0.721. The van der Waals surface area contributed by atoms with E-state index < -0.39 is 0 Å². The van der Waals surface area contributed by atoms with Gasteiger partial charge >= 0.3 is 0 Å². The van der Waals surface area contributed by atoms with Crippen molar-refractivity contribution in [3.63, 3.8) is 0 Å². The molecule has 4 N–H and O–H groups in total. The molecule has 0 amide bonds. The van der Waals surface area contributed by atoms with Crippen molar-refractivity contribution in [1.29, 1.82) is 5.41 Å². The van der Waals surface area contributed by atoms with E-state index in [0.717, 1.165) is 51.8 Å².